The molecule has 0 bridgehead atoms. The average Bonchev–Trinajstić information content (AvgIpc) is 2.58. The molecule has 0 radical (unpaired) electrons. The van der Waals surface area contributed by atoms with Gasteiger partial charge < -0.3 is 9.47 Å². The topological polar surface area (TPSA) is 47.5 Å². The molecule has 0 amide bonds. The van der Waals surface area contributed by atoms with Gasteiger partial charge in [0, 0.05) is 32.0 Å². The summed E-state index contributed by atoms with van der Waals surface area (Å²) in [5.74, 6) is 0.424. The van der Waals surface area contributed by atoms with E-state index in [1.807, 2.05) is 0 Å². The van der Waals surface area contributed by atoms with Crippen LogP contribution in [0, 0.1) is 5.82 Å². The van der Waals surface area contributed by atoms with Crippen molar-refractivity contribution in [3.63, 3.8) is 0 Å². The number of aromatic nitrogens is 2. The van der Waals surface area contributed by atoms with Crippen molar-refractivity contribution in [1.29, 1.82) is 0 Å². The molecule has 0 spiro atoms. The van der Waals surface area contributed by atoms with E-state index in [1.54, 1.807) is 30.7 Å². The van der Waals surface area contributed by atoms with Crippen LogP contribution in [0.3, 0.4) is 0 Å². The lowest BCUT2D eigenvalue weighted by atomic mass is 10.2. The fourth-order valence-electron chi connectivity index (χ4n) is 2.38. The monoisotopic (exact) mass is 303 g/mol. The minimum Gasteiger partial charge on any atom is -0.492 e. The summed E-state index contributed by atoms with van der Waals surface area (Å²) < 4.78 is 24.2. The van der Waals surface area contributed by atoms with Crippen LogP contribution in [0.25, 0.3) is 0 Å². The number of morpholine rings is 1. The van der Waals surface area contributed by atoms with Gasteiger partial charge in [0.25, 0.3) is 0 Å². The van der Waals surface area contributed by atoms with Gasteiger partial charge in [-0.15, -0.1) is 0 Å². The van der Waals surface area contributed by atoms with Crippen LogP contribution in [0.15, 0.2) is 42.9 Å². The number of hydrogen-bond acceptors (Lipinski definition) is 5. The Morgan fingerprint density at radius 3 is 2.91 bits per heavy atom. The molecule has 1 aromatic heterocycles. The maximum atomic E-state index is 12.8. The third kappa shape index (κ3) is 3.99. The van der Waals surface area contributed by atoms with Crippen LogP contribution >= 0.6 is 0 Å². The molecule has 116 valence electrons. The molecule has 5 nitrogen and oxygen atoms in total. The van der Waals surface area contributed by atoms with Gasteiger partial charge in [-0.05, 0) is 24.3 Å². The molecule has 2 aromatic rings. The van der Waals surface area contributed by atoms with Crippen LogP contribution < -0.4 is 4.74 Å². The first kappa shape index (κ1) is 14.9. The van der Waals surface area contributed by atoms with E-state index in [0.717, 1.165) is 25.3 Å². The highest BCUT2D eigenvalue weighted by molar-refractivity contribution is 5.21. The lowest BCUT2D eigenvalue weighted by Gasteiger charge is -2.32. The second-order valence-electron chi connectivity index (χ2n) is 5.09. The third-order valence-corrected chi connectivity index (χ3v) is 3.55. The first-order valence-corrected chi connectivity index (χ1v) is 7.29. The number of rotatable bonds is 5. The van der Waals surface area contributed by atoms with Gasteiger partial charge in [-0.25, -0.2) is 4.39 Å². The fourth-order valence-corrected chi connectivity index (χ4v) is 2.38. The lowest BCUT2D eigenvalue weighted by Crippen LogP contribution is -2.40. The molecule has 0 aliphatic carbocycles. The maximum Gasteiger partial charge on any atom is 0.123 e. The Hall–Kier alpha value is -2.05. The Morgan fingerprint density at radius 1 is 1.27 bits per heavy atom. The van der Waals surface area contributed by atoms with E-state index in [9.17, 15) is 4.39 Å². The molecule has 6 heteroatoms. The van der Waals surface area contributed by atoms with Gasteiger partial charge in [-0.3, -0.25) is 14.9 Å². The fraction of sp³-hybridized carbons (Fsp3) is 0.375. The summed E-state index contributed by atoms with van der Waals surface area (Å²) in [7, 11) is 0. The summed E-state index contributed by atoms with van der Waals surface area (Å²) >= 11 is 0. The quantitative estimate of drug-likeness (QED) is 0.846. The Kier molecular flexibility index (Phi) is 4.92. The van der Waals surface area contributed by atoms with Crippen molar-refractivity contribution in [2.24, 2.45) is 0 Å². The average molecular weight is 303 g/mol. The predicted octanol–water partition coefficient (Wildman–Crippen LogP) is 2.07. The largest absolute Gasteiger partial charge is 0.492 e. The number of hydrogen-bond donors (Lipinski definition) is 0. The van der Waals surface area contributed by atoms with Crippen molar-refractivity contribution in [3.8, 4) is 5.75 Å². The molecule has 1 fully saturated rings. The highest BCUT2D eigenvalue weighted by Gasteiger charge is 2.22. The Bertz CT molecular complexity index is 580. The van der Waals surface area contributed by atoms with Gasteiger partial charge in [-0.2, -0.15) is 0 Å². The zero-order chi connectivity index (χ0) is 15.2. The van der Waals surface area contributed by atoms with Crippen molar-refractivity contribution in [3.05, 3.63) is 54.4 Å². The zero-order valence-electron chi connectivity index (χ0n) is 12.2. The van der Waals surface area contributed by atoms with Crippen LogP contribution in [-0.2, 0) is 4.74 Å². The molecule has 0 unspecified atom stereocenters. The molecule has 1 aliphatic heterocycles. The van der Waals surface area contributed by atoms with Gasteiger partial charge >= 0.3 is 0 Å². The van der Waals surface area contributed by atoms with Crippen LogP contribution in [0.4, 0.5) is 4.39 Å². The number of nitrogens with zero attached hydrogens (tertiary/aromatic N) is 3. The highest BCUT2D eigenvalue weighted by Crippen LogP contribution is 2.19. The summed E-state index contributed by atoms with van der Waals surface area (Å²) in [4.78, 5) is 10.6. The van der Waals surface area contributed by atoms with Crippen LogP contribution in [0.5, 0.6) is 5.75 Å². The molecule has 1 aliphatic rings. The van der Waals surface area contributed by atoms with Crippen LogP contribution in [0.1, 0.15) is 11.8 Å². The van der Waals surface area contributed by atoms with E-state index in [-0.39, 0.29) is 11.9 Å². The Morgan fingerprint density at radius 2 is 2.14 bits per heavy atom. The van der Waals surface area contributed by atoms with Crippen molar-refractivity contribution in [2.45, 2.75) is 6.10 Å². The smallest absolute Gasteiger partial charge is 0.123 e. The molecule has 1 atom stereocenters. The van der Waals surface area contributed by atoms with Crippen molar-refractivity contribution in [2.75, 3.05) is 32.8 Å². The molecule has 1 saturated heterocycles. The summed E-state index contributed by atoms with van der Waals surface area (Å²) in [6.45, 7) is 3.64. The SMILES string of the molecule is Fc1ccc(OCCN2CCO[C@@H](c3cnccn3)C2)cc1. The molecule has 1 aromatic carbocycles. The summed E-state index contributed by atoms with van der Waals surface area (Å²) in [6, 6.07) is 6.07. The van der Waals surface area contributed by atoms with Crippen molar-refractivity contribution >= 4 is 0 Å². The minimum absolute atomic E-state index is 0.0479. The molecular formula is C16H18FN3O2. The second-order valence-corrected chi connectivity index (χ2v) is 5.09. The molecule has 3 rings (SSSR count). The lowest BCUT2D eigenvalue weighted by molar-refractivity contribution is -0.0351. The number of benzene rings is 1. The zero-order valence-corrected chi connectivity index (χ0v) is 12.2. The van der Waals surface area contributed by atoms with E-state index in [2.05, 4.69) is 14.9 Å². The molecule has 0 saturated carbocycles. The van der Waals surface area contributed by atoms with Crippen LogP contribution in [0.2, 0.25) is 0 Å². The molecule has 2 heterocycles. The number of halogens is 1. The van der Waals surface area contributed by atoms with E-state index in [1.165, 1.54) is 12.1 Å². The van der Waals surface area contributed by atoms with E-state index >= 15 is 0 Å². The second kappa shape index (κ2) is 7.29. The van der Waals surface area contributed by atoms with Gasteiger partial charge in [0.15, 0.2) is 0 Å². The van der Waals surface area contributed by atoms with Gasteiger partial charge in [0.2, 0.25) is 0 Å². The predicted molar refractivity (Wildman–Crippen MR) is 79.1 cm³/mol. The summed E-state index contributed by atoms with van der Waals surface area (Å²) in [5.41, 5.74) is 0.853. The van der Waals surface area contributed by atoms with Crippen LogP contribution in [-0.4, -0.2) is 47.7 Å². The van der Waals surface area contributed by atoms with E-state index < -0.39 is 0 Å². The minimum atomic E-state index is -0.257. The first-order chi connectivity index (χ1) is 10.8. The maximum absolute atomic E-state index is 12.8. The summed E-state index contributed by atoms with van der Waals surface area (Å²) in [6.07, 6.45) is 5.02. The molecule has 0 N–H and O–H groups in total. The number of ether oxygens (including phenoxy) is 2. The van der Waals surface area contributed by atoms with Crippen molar-refractivity contribution < 1.29 is 13.9 Å². The highest BCUT2D eigenvalue weighted by atomic mass is 19.1. The molecule has 22 heavy (non-hydrogen) atoms. The normalized spacial score (nSPS) is 19.0. The third-order valence-electron chi connectivity index (χ3n) is 3.55. The Labute approximate surface area is 128 Å². The Balaban J connectivity index is 1.47. The van der Waals surface area contributed by atoms with E-state index in [4.69, 9.17) is 9.47 Å². The van der Waals surface area contributed by atoms with Crippen molar-refractivity contribution in [1.82, 2.24) is 14.9 Å². The summed E-state index contributed by atoms with van der Waals surface area (Å²) in [5, 5.41) is 0. The van der Waals surface area contributed by atoms with Gasteiger partial charge in [0.05, 0.1) is 18.5 Å². The standard InChI is InChI=1S/C16H18FN3O2/c17-13-1-3-14(4-2-13)21-9-7-20-8-10-22-16(12-20)15-11-18-5-6-19-15/h1-6,11,16H,7-10,12H2/t16-/m1/s1. The first-order valence-electron chi connectivity index (χ1n) is 7.29. The van der Waals surface area contributed by atoms with E-state index in [0.29, 0.717) is 19.0 Å². The van der Waals surface area contributed by atoms with Gasteiger partial charge in [-0.1, -0.05) is 0 Å². The molecular weight excluding hydrogens is 285 g/mol. The van der Waals surface area contributed by atoms with Gasteiger partial charge in [0.1, 0.15) is 24.3 Å².